The van der Waals surface area contributed by atoms with Gasteiger partial charge in [0.25, 0.3) is 11.8 Å². The van der Waals surface area contributed by atoms with Gasteiger partial charge >= 0.3 is 0 Å². The molecular formula is C24H21FN2O2. The highest BCUT2D eigenvalue weighted by atomic mass is 19.1. The average molecular weight is 388 g/mol. The third-order valence-corrected chi connectivity index (χ3v) is 5.11. The molecule has 0 atom stereocenters. The van der Waals surface area contributed by atoms with Gasteiger partial charge in [0.2, 0.25) is 0 Å². The number of anilines is 1. The summed E-state index contributed by atoms with van der Waals surface area (Å²) in [5.74, 6) is -0.656. The molecule has 3 aromatic carbocycles. The lowest BCUT2D eigenvalue weighted by Crippen LogP contribution is -2.29. The van der Waals surface area contributed by atoms with Crippen LogP contribution in [-0.4, -0.2) is 18.4 Å². The van der Waals surface area contributed by atoms with E-state index in [1.54, 1.807) is 4.90 Å². The molecule has 0 bridgehead atoms. The highest BCUT2D eigenvalue weighted by molar-refractivity contribution is 6.07. The third-order valence-electron chi connectivity index (χ3n) is 5.11. The number of fused-ring (bicyclic) bond motifs is 1. The van der Waals surface area contributed by atoms with E-state index in [9.17, 15) is 14.0 Å². The molecule has 5 heteroatoms. The quantitative estimate of drug-likeness (QED) is 0.726. The minimum absolute atomic E-state index is 0.0139. The maximum atomic E-state index is 13.0. The van der Waals surface area contributed by atoms with Crippen molar-refractivity contribution in [3.8, 4) is 0 Å². The first-order valence-electron chi connectivity index (χ1n) is 9.55. The molecule has 0 fully saturated rings. The topological polar surface area (TPSA) is 49.4 Å². The Morgan fingerprint density at radius 3 is 2.55 bits per heavy atom. The molecule has 4 rings (SSSR count). The smallest absolute Gasteiger partial charge is 0.258 e. The molecule has 0 saturated carbocycles. The van der Waals surface area contributed by atoms with Gasteiger partial charge in [-0.25, -0.2) is 4.39 Å². The van der Waals surface area contributed by atoms with Crippen LogP contribution in [0.5, 0.6) is 0 Å². The van der Waals surface area contributed by atoms with Gasteiger partial charge in [0, 0.05) is 29.9 Å². The number of hydrogen-bond donors (Lipinski definition) is 1. The molecule has 29 heavy (non-hydrogen) atoms. The number of halogens is 1. The number of rotatable bonds is 4. The van der Waals surface area contributed by atoms with Crippen molar-refractivity contribution in [2.45, 2.75) is 19.9 Å². The Balaban J connectivity index is 1.49. The standard InChI is InChI=1S/C24H21FN2O2/c1-16-3-2-4-20(13-16)24(29)27-12-11-18-6-5-17(14-22(18)27)15-26-23(28)19-7-9-21(25)10-8-19/h2-10,13-14H,11-12,15H2,1H3,(H,26,28). The normalized spacial score (nSPS) is 12.6. The van der Waals surface area contributed by atoms with Crippen molar-refractivity contribution in [2.24, 2.45) is 0 Å². The van der Waals surface area contributed by atoms with Crippen LogP contribution in [-0.2, 0) is 13.0 Å². The third kappa shape index (κ3) is 4.04. The first-order valence-corrected chi connectivity index (χ1v) is 9.55. The predicted molar refractivity (Wildman–Crippen MR) is 111 cm³/mol. The van der Waals surface area contributed by atoms with Gasteiger partial charge < -0.3 is 10.2 Å². The van der Waals surface area contributed by atoms with Crippen LogP contribution in [0.4, 0.5) is 10.1 Å². The summed E-state index contributed by atoms with van der Waals surface area (Å²) in [5, 5.41) is 2.84. The van der Waals surface area contributed by atoms with Crippen molar-refractivity contribution in [2.75, 3.05) is 11.4 Å². The number of nitrogens with zero attached hydrogens (tertiary/aromatic N) is 1. The Hall–Kier alpha value is -3.47. The van der Waals surface area contributed by atoms with Gasteiger partial charge in [0.15, 0.2) is 0 Å². The van der Waals surface area contributed by atoms with E-state index in [0.717, 1.165) is 28.8 Å². The van der Waals surface area contributed by atoms with Gasteiger partial charge in [-0.15, -0.1) is 0 Å². The SMILES string of the molecule is Cc1cccc(C(=O)N2CCc3ccc(CNC(=O)c4ccc(F)cc4)cc32)c1. The second-order valence-electron chi connectivity index (χ2n) is 7.23. The highest BCUT2D eigenvalue weighted by Crippen LogP contribution is 2.30. The van der Waals surface area contributed by atoms with E-state index in [1.165, 1.54) is 24.3 Å². The van der Waals surface area contributed by atoms with Crippen molar-refractivity contribution < 1.29 is 14.0 Å². The van der Waals surface area contributed by atoms with E-state index in [0.29, 0.717) is 24.2 Å². The molecule has 0 aromatic heterocycles. The van der Waals surface area contributed by atoms with E-state index < -0.39 is 0 Å². The van der Waals surface area contributed by atoms with Crippen LogP contribution in [0, 0.1) is 12.7 Å². The van der Waals surface area contributed by atoms with Crippen molar-refractivity contribution in [3.05, 3.63) is 100 Å². The molecule has 2 amide bonds. The molecule has 0 aliphatic carbocycles. The molecule has 3 aromatic rings. The van der Waals surface area contributed by atoms with Crippen LogP contribution < -0.4 is 10.2 Å². The number of aryl methyl sites for hydroxylation is 1. The zero-order valence-corrected chi connectivity index (χ0v) is 16.1. The zero-order valence-electron chi connectivity index (χ0n) is 16.1. The maximum absolute atomic E-state index is 13.0. The summed E-state index contributed by atoms with van der Waals surface area (Å²) in [6, 6.07) is 19.0. The summed E-state index contributed by atoms with van der Waals surface area (Å²) in [5.41, 5.74) is 5.05. The number of benzene rings is 3. The summed E-state index contributed by atoms with van der Waals surface area (Å²) in [4.78, 5) is 27.0. The monoisotopic (exact) mass is 388 g/mol. The minimum atomic E-state index is -0.376. The summed E-state index contributed by atoms with van der Waals surface area (Å²) in [6.07, 6.45) is 0.815. The van der Waals surface area contributed by atoms with E-state index in [1.807, 2.05) is 49.4 Å². The van der Waals surface area contributed by atoms with Crippen molar-refractivity contribution in [1.29, 1.82) is 0 Å². The van der Waals surface area contributed by atoms with Gasteiger partial charge in [-0.1, -0.05) is 29.8 Å². The molecule has 1 aliphatic rings. The Bertz CT molecular complexity index is 1080. The van der Waals surface area contributed by atoms with Crippen LogP contribution in [0.3, 0.4) is 0 Å². The Morgan fingerprint density at radius 2 is 1.79 bits per heavy atom. The van der Waals surface area contributed by atoms with Crippen LogP contribution in [0.15, 0.2) is 66.7 Å². The first-order chi connectivity index (χ1) is 14.0. The summed E-state index contributed by atoms with van der Waals surface area (Å²) in [7, 11) is 0. The number of carbonyl (C=O) groups is 2. The van der Waals surface area contributed by atoms with Crippen LogP contribution in [0.25, 0.3) is 0 Å². The van der Waals surface area contributed by atoms with Gasteiger partial charge in [-0.05, 0) is 66.9 Å². The fraction of sp³-hybridized carbons (Fsp3) is 0.167. The summed E-state index contributed by atoms with van der Waals surface area (Å²) < 4.78 is 13.0. The van der Waals surface area contributed by atoms with Crippen molar-refractivity contribution >= 4 is 17.5 Å². The average Bonchev–Trinajstić information content (AvgIpc) is 3.15. The molecule has 0 spiro atoms. The molecule has 1 N–H and O–H groups in total. The number of hydrogen-bond acceptors (Lipinski definition) is 2. The number of amides is 2. The van der Waals surface area contributed by atoms with E-state index >= 15 is 0 Å². The molecule has 0 radical (unpaired) electrons. The Morgan fingerprint density at radius 1 is 1.00 bits per heavy atom. The fourth-order valence-corrected chi connectivity index (χ4v) is 3.57. The largest absolute Gasteiger partial charge is 0.348 e. The zero-order chi connectivity index (χ0) is 20.4. The Kier molecular flexibility index (Phi) is 5.12. The van der Waals surface area contributed by atoms with Gasteiger partial charge in [-0.3, -0.25) is 9.59 Å². The lowest BCUT2D eigenvalue weighted by molar-refractivity contribution is 0.0949. The molecule has 146 valence electrons. The predicted octanol–water partition coefficient (Wildman–Crippen LogP) is 4.27. The fourth-order valence-electron chi connectivity index (χ4n) is 3.57. The first kappa shape index (κ1) is 18.9. The molecule has 0 saturated heterocycles. The Labute approximate surface area is 169 Å². The molecule has 1 heterocycles. The van der Waals surface area contributed by atoms with Crippen molar-refractivity contribution in [3.63, 3.8) is 0 Å². The van der Waals surface area contributed by atoms with Gasteiger partial charge in [0.05, 0.1) is 0 Å². The second-order valence-corrected chi connectivity index (χ2v) is 7.23. The van der Waals surface area contributed by atoms with Gasteiger partial charge in [-0.2, -0.15) is 0 Å². The maximum Gasteiger partial charge on any atom is 0.258 e. The van der Waals surface area contributed by atoms with Crippen LogP contribution in [0.1, 0.15) is 37.4 Å². The van der Waals surface area contributed by atoms with Gasteiger partial charge in [0.1, 0.15) is 5.82 Å². The second kappa shape index (κ2) is 7.87. The van der Waals surface area contributed by atoms with Crippen LogP contribution in [0.2, 0.25) is 0 Å². The van der Waals surface area contributed by atoms with E-state index in [-0.39, 0.29) is 17.6 Å². The lowest BCUT2D eigenvalue weighted by Gasteiger charge is -2.18. The number of nitrogens with one attached hydrogen (secondary N) is 1. The lowest BCUT2D eigenvalue weighted by atomic mass is 10.1. The van der Waals surface area contributed by atoms with E-state index in [2.05, 4.69) is 5.32 Å². The highest BCUT2D eigenvalue weighted by Gasteiger charge is 2.25. The minimum Gasteiger partial charge on any atom is -0.348 e. The number of carbonyl (C=O) groups excluding carboxylic acids is 2. The molecule has 0 unspecified atom stereocenters. The summed E-state index contributed by atoms with van der Waals surface area (Å²) in [6.45, 7) is 2.94. The molecule has 1 aliphatic heterocycles. The molecular weight excluding hydrogens is 367 g/mol. The van der Waals surface area contributed by atoms with E-state index in [4.69, 9.17) is 0 Å². The van der Waals surface area contributed by atoms with Crippen molar-refractivity contribution in [1.82, 2.24) is 5.32 Å². The summed E-state index contributed by atoms with van der Waals surface area (Å²) >= 11 is 0. The van der Waals surface area contributed by atoms with Crippen LogP contribution >= 0.6 is 0 Å². The molecule has 4 nitrogen and oxygen atoms in total.